The summed E-state index contributed by atoms with van der Waals surface area (Å²) in [5, 5.41) is 1.29. The van der Waals surface area contributed by atoms with Gasteiger partial charge in [0.05, 0.1) is 16.7 Å². The Hall–Kier alpha value is -3.08. The number of para-hydroxylation sites is 1. The number of aromatic nitrogens is 1. The molecule has 0 atom stereocenters. The molecule has 0 unspecified atom stereocenters. The summed E-state index contributed by atoms with van der Waals surface area (Å²) in [6.45, 7) is 15.3. The zero-order chi connectivity index (χ0) is 26.8. The fourth-order valence-electron chi connectivity index (χ4n) is 6.03. The Kier molecular flexibility index (Phi) is 5.97. The van der Waals surface area contributed by atoms with Gasteiger partial charge in [0, 0.05) is 22.3 Å². The van der Waals surface area contributed by atoms with Gasteiger partial charge in [-0.3, -0.25) is 0 Å². The molecule has 38 heavy (non-hydrogen) atoms. The van der Waals surface area contributed by atoms with E-state index in [0.29, 0.717) is 5.92 Å². The number of allylic oxidation sites excluding steroid dienone is 1. The lowest BCUT2D eigenvalue weighted by atomic mass is 9.72. The first-order valence-electron chi connectivity index (χ1n) is 14.0. The lowest BCUT2D eigenvalue weighted by molar-refractivity contribution is 0.00578. The lowest BCUT2D eigenvalue weighted by Crippen LogP contribution is -2.41. The first-order valence-corrected chi connectivity index (χ1v) is 14.0. The van der Waals surface area contributed by atoms with E-state index in [1.54, 1.807) is 0 Å². The third-order valence-electron chi connectivity index (χ3n) is 8.88. The van der Waals surface area contributed by atoms with Crippen LogP contribution in [0.15, 0.2) is 72.2 Å². The molecule has 1 aliphatic heterocycles. The Morgan fingerprint density at radius 1 is 0.816 bits per heavy atom. The topological polar surface area (TPSA) is 23.4 Å². The molecule has 0 spiro atoms. The molecule has 1 fully saturated rings. The standard InChI is InChI=1S/C34H38BNO2/c1-22(2)26-15-11-12-16-27(26)28-21-30-29-20-24(35-37-33(4,5)34(6,7)38-35)17-18-31(29)36(32(30)19-23(28)3)25-13-9-8-10-14-25/h8-16,19-22H,17-18H2,1-7H3. The normalized spacial score (nSPS) is 18.2. The van der Waals surface area contributed by atoms with Crippen molar-refractivity contribution in [2.75, 3.05) is 0 Å². The van der Waals surface area contributed by atoms with Crippen LogP contribution in [0.5, 0.6) is 0 Å². The molecule has 2 aliphatic rings. The van der Waals surface area contributed by atoms with Crippen molar-refractivity contribution in [2.45, 2.75) is 78.4 Å². The Morgan fingerprint density at radius 3 is 2.16 bits per heavy atom. The minimum atomic E-state index is -0.346. The molecule has 194 valence electrons. The van der Waals surface area contributed by atoms with Crippen LogP contribution in [0.2, 0.25) is 0 Å². The van der Waals surface area contributed by atoms with Gasteiger partial charge >= 0.3 is 7.12 Å². The molecule has 3 aromatic carbocycles. The van der Waals surface area contributed by atoms with Crippen LogP contribution >= 0.6 is 0 Å². The smallest absolute Gasteiger partial charge is 0.400 e. The van der Waals surface area contributed by atoms with Crippen molar-refractivity contribution in [3.8, 4) is 16.8 Å². The van der Waals surface area contributed by atoms with Gasteiger partial charge in [-0.2, -0.15) is 0 Å². The molecule has 1 saturated heterocycles. The summed E-state index contributed by atoms with van der Waals surface area (Å²) in [7, 11) is -0.310. The lowest BCUT2D eigenvalue weighted by Gasteiger charge is -2.32. The maximum absolute atomic E-state index is 6.48. The Morgan fingerprint density at radius 2 is 1.47 bits per heavy atom. The van der Waals surface area contributed by atoms with Gasteiger partial charge in [-0.05, 0) is 105 Å². The summed E-state index contributed by atoms with van der Waals surface area (Å²) < 4.78 is 15.4. The first kappa shape index (κ1) is 25.2. The summed E-state index contributed by atoms with van der Waals surface area (Å²) >= 11 is 0. The molecule has 3 nitrogen and oxygen atoms in total. The molecule has 1 aliphatic carbocycles. The number of fused-ring (bicyclic) bond motifs is 3. The van der Waals surface area contributed by atoms with E-state index in [0.717, 1.165) is 12.8 Å². The monoisotopic (exact) mass is 503 g/mol. The Bertz CT molecular complexity index is 1540. The van der Waals surface area contributed by atoms with Crippen LogP contribution in [-0.4, -0.2) is 22.9 Å². The van der Waals surface area contributed by atoms with E-state index in [1.807, 2.05) is 0 Å². The first-order chi connectivity index (χ1) is 18.1. The molecule has 0 radical (unpaired) electrons. The number of rotatable bonds is 4. The average molecular weight is 503 g/mol. The molecule has 0 amide bonds. The zero-order valence-electron chi connectivity index (χ0n) is 23.8. The van der Waals surface area contributed by atoms with E-state index in [-0.39, 0.29) is 18.3 Å². The van der Waals surface area contributed by atoms with Crippen LogP contribution in [0.4, 0.5) is 0 Å². The van der Waals surface area contributed by atoms with Crippen molar-refractivity contribution in [1.82, 2.24) is 4.57 Å². The van der Waals surface area contributed by atoms with Crippen LogP contribution in [0, 0.1) is 6.92 Å². The predicted molar refractivity (Wildman–Crippen MR) is 160 cm³/mol. The van der Waals surface area contributed by atoms with E-state index in [2.05, 4.69) is 126 Å². The highest BCUT2D eigenvalue weighted by Gasteiger charge is 2.52. The van der Waals surface area contributed by atoms with Crippen molar-refractivity contribution in [2.24, 2.45) is 0 Å². The van der Waals surface area contributed by atoms with Gasteiger partial charge in [0.15, 0.2) is 0 Å². The van der Waals surface area contributed by atoms with Crippen LogP contribution < -0.4 is 0 Å². The van der Waals surface area contributed by atoms with Crippen molar-refractivity contribution in [3.05, 3.63) is 94.6 Å². The molecule has 4 heteroatoms. The Labute approximate surface area is 227 Å². The summed E-state index contributed by atoms with van der Waals surface area (Å²) in [5.74, 6) is 0.457. The molecule has 0 saturated carbocycles. The van der Waals surface area contributed by atoms with Crippen LogP contribution in [-0.2, 0) is 15.7 Å². The van der Waals surface area contributed by atoms with Gasteiger partial charge in [-0.1, -0.05) is 62.4 Å². The molecule has 1 aromatic heterocycles. The highest BCUT2D eigenvalue weighted by Crippen LogP contribution is 2.44. The van der Waals surface area contributed by atoms with Gasteiger partial charge in [0.1, 0.15) is 0 Å². The fraction of sp³-hybridized carbons (Fsp3) is 0.353. The van der Waals surface area contributed by atoms with E-state index < -0.39 is 0 Å². The number of hydrogen-bond donors (Lipinski definition) is 0. The van der Waals surface area contributed by atoms with Gasteiger partial charge in [0.2, 0.25) is 0 Å². The van der Waals surface area contributed by atoms with Gasteiger partial charge < -0.3 is 13.9 Å². The number of aryl methyl sites for hydroxylation is 1. The van der Waals surface area contributed by atoms with Crippen LogP contribution in [0.1, 0.15) is 76.3 Å². The van der Waals surface area contributed by atoms with Crippen molar-refractivity contribution in [1.29, 1.82) is 0 Å². The third kappa shape index (κ3) is 3.97. The van der Waals surface area contributed by atoms with E-state index in [9.17, 15) is 0 Å². The van der Waals surface area contributed by atoms with Crippen molar-refractivity contribution in [3.63, 3.8) is 0 Å². The number of hydrogen-bond acceptors (Lipinski definition) is 2. The molecule has 2 heterocycles. The van der Waals surface area contributed by atoms with Gasteiger partial charge in [0.25, 0.3) is 0 Å². The summed E-state index contributed by atoms with van der Waals surface area (Å²) in [6.07, 6.45) is 4.23. The molecule has 4 aromatic rings. The minimum absolute atomic E-state index is 0.310. The van der Waals surface area contributed by atoms with E-state index in [4.69, 9.17) is 9.31 Å². The van der Waals surface area contributed by atoms with Crippen LogP contribution in [0.25, 0.3) is 33.8 Å². The van der Waals surface area contributed by atoms with Crippen molar-refractivity contribution < 1.29 is 9.31 Å². The molecular weight excluding hydrogens is 465 g/mol. The SMILES string of the molecule is Cc1cc2c(cc1-c1ccccc1C(C)C)c1c(n2-c2ccccc2)CCC(B2OC(C)(C)C(C)(C)O2)=C1. The predicted octanol–water partition coefficient (Wildman–Crippen LogP) is 8.69. The summed E-state index contributed by atoms with van der Waals surface area (Å²) in [4.78, 5) is 0. The maximum Gasteiger partial charge on any atom is 0.490 e. The van der Waals surface area contributed by atoms with Crippen molar-refractivity contribution >= 4 is 24.1 Å². The average Bonchev–Trinajstić information content (AvgIpc) is 3.31. The summed E-state index contributed by atoms with van der Waals surface area (Å²) in [5.41, 5.74) is 11.0. The number of benzene rings is 3. The van der Waals surface area contributed by atoms with Gasteiger partial charge in [-0.25, -0.2) is 0 Å². The summed E-state index contributed by atoms with van der Waals surface area (Å²) in [6, 6.07) is 24.4. The second kappa shape index (κ2) is 9.00. The largest absolute Gasteiger partial charge is 0.490 e. The molecule has 0 bridgehead atoms. The van der Waals surface area contributed by atoms with E-state index >= 15 is 0 Å². The molecule has 0 N–H and O–H groups in total. The molecule has 6 rings (SSSR count). The third-order valence-corrected chi connectivity index (χ3v) is 8.88. The van der Waals surface area contributed by atoms with Gasteiger partial charge in [-0.15, -0.1) is 0 Å². The highest BCUT2D eigenvalue weighted by molar-refractivity contribution is 6.55. The fourth-order valence-corrected chi connectivity index (χ4v) is 6.03. The zero-order valence-corrected chi connectivity index (χ0v) is 23.8. The maximum atomic E-state index is 6.48. The quantitative estimate of drug-likeness (QED) is 0.260. The van der Waals surface area contributed by atoms with Crippen LogP contribution in [0.3, 0.4) is 0 Å². The Balaban J connectivity index is 1.58. The number of nitrogens with zero attached hydrogens (tertiary/aromatic N) is 1. The highest BCUT2D eigenvalue weighted by atomic mass is 16.7. The second-order valence-corrected chi connectivity index (χ2v) is 12.3. The molecular formula is C34H38BNO2. The van der Waals surface area contributed by atoms with E-state index in [1.165, 1.54) is 55.6 Å². The minimum Gasteiger partial charge on any atom is -0.400 e. The second-order valence-electron chi connectivity index (χ2n) is 12.3.